The third-order valence-electron chi connectivity index (χ3n) is 7.00. The molecule has 3 heteroatoms. The molecule has 2 aliphatic carbocycles. The van der Waals surface area contributed by atoms with Gasteiger partial charge in [0.25, 0.3) is 0 Å². The van der Waals surface area contributed by atoms with E-state index in [0.717, 1.165) is 44.5 Å². The van der Waals surface area contributed by atoms with Crippen LogP contribution in [0.4, 0.5) is 0 Å². The quantitative estimate of drug-likeness (QED) is 0.730. The maximum atomic E-state index is 9.55. The first kappa shape index (κ1) is 20.4. The molecule has 0 aliphatic heterocycles. The summed E-state index contributed by atoms with van der Waals surface area (Å²) in [4.78, 5) is 0. The van der Waals surface area contributed by atoms with Crippen LogP contribution >= 0.6 is 0 Å². The Morgan fingerprint density at radius 1 is 1.14 bits per heavy atom. The van der Waals surface area contributed by atoms with Crippen molar-refractivity contribution in [3.63, 3.8) is 0 Å². The molecule has 2 aliphatic rings. The molecule has 0 heterocycles. The molecular weight excluding hydrogens is 358 g/mol. The smallest absolute Gasteiger partial charge is 0.119 e. The monoisotopic (exact) mass is 393 g/mol. The highest BCUT2D eigenvalue weighted by molar-refractivity contribution is 5.37. The van der Waals surface area contributed by atoms with E-state index >= 15 is 0 Å². The van der Waals surface area contributed by atoms with E-state index in [-0.39, 0.29) is 12.1 Å². The Labute approximate surface area is 175 Å². The SMILES string of the molecule is CC(C)c1cccc(OC[C@@H]2CCc3cc([C@H]4CC[C@](N)(CO)C4)ccc3C2)c1. The molecule has 0 radical (unpaired) electrons. The Bertz CT molecular complexity index is 846. The van der Waals surface area contributed by atoms with Crippen LogP contribution in [0.2, 0.25) is 0 Å². The molecule has 1 saturated carbocycles. The third-order valence-corrected chi connectivity index (χ3v) is 7.00. The molecular formula is C26H35NO2. The number of aliphatic hydroxyl groups is 1. The molecule has 2 aromatic carbocycles. The summed E-state index contributed by atoms with van der Waals surface area (Å²) in [7, 11) is 0. The standard InChI is InChI=1S/C26H35NO2/c1-18(2)20-4-3-5-25(14-20)29-16-19-6-7-22-13-23(9-8-21(22)12-19)24-10-11-26(27,15-24)17-28/h3-5,8-9,13-14,18-19,24,28H,6-7,10-12,15-17,27H2,1-2H3/t19-,24+,26-/m1/s1. The highest BCUT2D eigenvalue weighted by Crippen LogP contribution is 2.40. The fourth-order valence-electron chi connectivity index (χ4n) is 5.01. The minimum atomic E-state index is -0.379. The van der Waals surface area contributed by atoms with Gasteiger partial charge in [0.2, 0.25) is 0 Å². The van der Waals surface area contributed by atoms with Gasteiger partial charge in [0.15, 0.2) is 0 Å². The molecule has 3 nitrogen and oxygen atoms in total. The van der Waals surface area contributed by atoms with E-state index in [2.05, 4.69) is 56.3 Å². The lowest BCUT2D eigenvalue weighted by atomic mass is 9.82. The van der Waals surface area contributed by atoms with Crippen LogP contribution in [-0.2, 0) is 12.8 Å². The molecule has 29 heavy (non-hydrogen) atoms. The summed E-state index contributed by atoms with van der Waals surface area (Å²) in [6.45, 7) is 5.32. The molecule has 0 spiro atoms. The lowest BCUT2D eigenvalue weighted by molar-refractivity contribution is 0.198. The maximum Gasteiger partial charge on any atom is 0.119 e. The van der Waals surface area contributed by atoms with Gasteiger partial charge in [-0.2, -0.15) is 0 Å². The van der Waals surface area contributed by atoms with Crippen molar-refractivity contribution in [3.8, 4) is 5.75 Å². The number of rotatable bonds is 6. The van der Waals surface area contributed by atoms with E-state index in [1.165, 1.54) is 28.7 Å². The number of fused-ring (bicyclic) bond motifs is 1. The number of benzene rings is 2. The van der Waals surface area contributed by atoms with Crippen molar-refractivity contribution >= 4 is 0 Å². The summed E-state index contributed by atoms with van der Waals surface area (Å²) in [5.41, 5.74) is 11.6. The first-order valence-electron chi connectivity index (χ1n) is 11.2. The lowest BCUT2D eigenvalue weighted by Crippen LogP contribution is -2.40. The summed E-state index contributed by atoms with van der Waals surface area (Å²) in [6, 6.07) is 15.5. The van der Waals surface area contributed by atoms with Crippen molar-refractivity contribution in [1.82, 2.24) is 0 Å². The average molecular weight is 394 g/mol. The first-order chi connectivity index (χ1) is 14.0. The molecule has 0 unspecified atom stereocenters. The highest BCUT2D eigenvalue weighted by atomic mass is 16.5. The van der Waals surface area contributed by atoms with Crippen molar-refractivity contribution in [2.75, 3.05) is 13.2 Å². The van der Waals surface area contributed by atoms with Gasteiger partial charge in [-0.1, -0.05) is 44.2 Å². The van der Waals surface area contributed by atoms with E-state index in [4.69, 9.17) is 10.5 Å². The Hall–Kier alpha value is -1.84. The molecule has 2 aromatic rings. The second-order valence-corrected chi connectivity index (χ2v) is 9.64. The molecule has 0 aromatic heterocycles. The minimum absolute atomic E-state index is 0.0934. The normalized spacial score (nSPS) is 26.5. The molecule has 0 amide bonds. The van der Waals surface area contributed by atoms with Crippen LogP contribution in [0.25, 0.3) is 0 Å². The molecule has 4 rings (SSSR count). The number of hydrogen-bond donors (Lipinski definition) is 2. The summed E-state index contributed by atoms with van der Waals surface area (Å²) in [5.74, 6) is 2.59. The van der Waals surface area contributed by atoms with Crippen molar-refractivity contribution in [2.45, 2.75) is 69.7 Å². The van der Waals surface area contributed by atoms with Crippen molar-refractivity contribution in [2.24, 2.45) is 11.7 Å². The Balaban J connectivity index is 1.36. The van der Waals surface area contributed by atoms with Crippen LogP contribution in [0.5, 0.6) is 5.75 Å². The number of hydrogen-bond acceptors (Lipinski definition) is 3. The van der Waals surface area contributed by atoms with Gasteiger partial charge in [0.05, 0.1) is 13.2 Å². The van der Waals surface area contributed by atoms with Gasteiger partial charge >= 0.3 is 0 Å². The number of ether oxygens (including phenoxy) is 1. The number of aliphatic hydroxyl groups excluding tert-OH is 1. The van der Waals surface area contributed by atoms with Crippen LogP contribution in [-0.4, -0.2) is 23.9 Å². The Kier molecular flexibility index (Phi) is 5.98. The Morgan fingerprint density at radius 3 is 2.76 bits per heavy atom. The van der Waals surface area contributed by atoms with Gasteiger partial charge in [0.1, 0.15) is 5.75 Å². The summed E-state index contributed by atoms with van der Waals surface area (Å²) in [5, 5.41) is 9.55. The topological polar surface area (TPSA) is 55.5 Å². The fraction of sp³-hybridized carbons (Fsp3) is 0.538. The zero-order valence-corrected chi connectivity index (χ0v) is 17.9. The predicted octanol–water partition coefficient (Wildman–Crippen LogP) is 4.95. The van der Waals surface area contributed by atoms with E-state index in [1.807, 2.05) is 0 Å². The van der Waals surface area contributed by atoms with E-state index < -0.39 is 0 Å². The molecule has 156 valence electrons. The molecule has 0 saturated heterocycles. The highest BCUT2D eigenvalue weighted by Gasteiger charge is 2.36. The van der Waals surface area contributed by atoms with Gasteiger partial charge in [-0.15, -0.1) is 0 Å². The molecule has 3 N–H and O–H groups in total. The van der Waals surface area contributed by atoms with Gasteiger partial charge < -0.3 is 15.6 Å². The fourth-order valence-corrected chi connectivity index (χ4v) is 5.01. The van der Waals surface area contributed by atoms with Crippen molar-refractivity contribution < 1.29 is 9.84 Å². The van der Waals surface area contributed by atoms with Crippen LogP contribution in [0.1, 0.15) is 73.6 Å². The first-order valence-corrected chi connectivity index (χ1v) is 11.2. The second kappa shape index (κ2) is 8.49. The number of aryl methyl sites for hydroxylation is 1. The van der Waals surface area contributed by atoms with Crippen molar-refractivity contribution in [1.29, 1.82) is 0 Å². The average Bonchev–Trinajstić information content (AvgIpc) is 3.15. The summed E-state index contributed by atoms with van der Waals surface area (Å²) < 4.78 is 6.15. The number of nitrogens with two attached hydrogens (primary N) is 1. The van der Waals surface area contributed by atoms with Crippen molar-refractivity contribution in [3.05, 3.63) is 64.7 Å². The van der Waals surface area contributed by atoms with Gasteiger partial charge in [-0.05, 0) is 90.7 Å². The Morgan fingerprint density at radius 2 is 2.00 bits per heavy atom. The molecule has 0 bridgehead atoms. The largest absolute Gasteiger partial charge is 0.493 e. The zero-order valence-electron chi connectivity index (χ0n) is 17.9. The van der Waals surface area contributed by atoms with E-state index in [1.54, 1.807) is 0 Å². The summed E-state index contributed by atoms with van der Waals surface area (Å²) >= 11 is 0. The van der Waals surface area contributed by atoms with E-state index in [9.17, 15) is 5.11 Å². The van der Waals surface area contributed by atoms with Gasteiger partial charge in [0, 0.05) is 5.54 Å². The van der Waals surface area contributed by atoms with E-state index in [0.29, 0.717) is 17.8 Å². The molecule has 3 atom stereocenters. The van der Waals surface area contributed by atoms with Crippen LogP contribution in [0.3, 0.4) is 0 Å². The summed E-state index contributed by atoms with van der Waals surface area (Å²) in [6.07, 6.45) is 6.31. The molecule has 1 fully saturated rings. The minimum Gasteiger partial charge on any atom is -0.493 e. The zero-order chi connectivity index (χ0) is 20.4. The van der Waals surface area contributed by atoms with Crippen LogP contribution in [0, 0.1) is 5.92 Å². The third kappa shape index (κ3) is 4.67. The van der Waals surface area contributed by atoms with Crippen LogP contribution in [0.15, 0.2) is 42.5 Å². The van der Waals surface area contributed by atoms with Gasteiger partial charge in [-0.25, -0.2) is 0 Å². The lowest BCUT2D eigenvalue weighted by Gasteiger charge is -2.26. The van der Waals surface area contributed by atoms with Crippen LogP contribution < -0.4 is 10.5 Å². The van der Waals surface area contributed by atoms with Gasteiger partial charge in [-0.3, -0.25) is 0 Å². The second-order valence-electron chi connectivity index (χ2n) is 9.64. The maximum absolute atomic E-state index is 9.55. The predicted molar refractivity (Wildman–Crippen MR) is 119 cm³/mol.